The zero-order valence-corrected chi connectivity index (χ0v) is 26.0. The van der Waals surface area contributed by atoms with Crippen LogP contribution in [0.5, 0.6) is 5.75 Å². The maximum Gasteiger partial charge on any atom is 0.306 e. The Balaban J connectivity index is 1.20. The van der Waals surface area contributed by atoms with Gasteiger partial charge in [-0.3, -0.25) is 9.59 Å². The van der Waals surface area contributed by atoms with E-state index in [1.54, 1.807) is 17.0 Å². The number of piperidine rings is 1. The number of pyridine rings is 1. The van der Waals surface area contributed by atoms with Gasteiger partial charge in [0.05, 0.1) is 33.1 Å². The Labute approximate surface area is 257 Å². The van der Waals surface area contributed by atoms with Crippen LogP contribution in [-0.4, -0.2) is 53.8 Å². The summed E-state index contributed by atoms with van der Waals surface area (Å²) < 4.78 is 56.2. The number of benzene rings is 1. The fourth-order valence-corrected chi connectivity index (χ4v) is 7.13. The van der Waals surface area contributed by atoms with Crippen molar-refractivity contribution in [2.24, 2.45) is 5.16 Å². The van der Waals surface area contributed by atoms with Crippen molar-refractivity contribution >= 4 is 60.6 Å². The number of carbonyl (C=O) groups excluding carboxylic acids is 1. The molecule has 0 aliphatic carbocycles. The van der Waals surface area contributed by atoms with Gasteiger partial charge in [0.2, 0.25) is 5.91 Å². The molecule has 1 amide bonds. The van der Waals surface area contributed by atoms with Gasteiger partial charge in [0.25, 0.3) is 12.0 Å². The zero-order chi connectivity index (χ0) is 30.2. The molecule has 0 radical (unpaired) electrons. The number of thiazole rings is 1. The smallest absolute Gasteiger partial charge is 0.306 e. The lowest BCUT2D eigenvalue weighted by Crippen LogP contribution is -2.41. The largest absolute Gasteiger partial charge is 0.387 e. The van der Waals surface area contributed by atoms with E-state index >= 15 is 0 Å². The van der Waals surface area contributed by atoms with Crippen LogP contribution in [0.25, 0.3) is 0 Å². The SMILES string of the molecule is CS(=O)(=O)Oc1cccc(Cl)c1C1CC(c2csc(C3CCN(C(=O)Cn4cc(Br)cc(C(F)F)c4=O)CC3)n2)=NO1. The van der Waals surface area contributed by atoms with E-state index in [9.17, 15) is 26.8 Å². The molecular weight excluding hydrogens is 682 g/mol. The molecule has 10 nitrogen and oxygen atoms in total. The number of halogens is 4. The Kier molecular flexibility index (Phi) is 9.02. The third-order valence-electron chi connectivity index (χ3n) is 6.88. The summed E-state index contributed by atoms with van der Waals surface area (Å²) in [4.78, 5) is 37.2. The summed E-state index contributed by atoms with van der Waals surface area (Å²) in [6.45, 7) is 0.544. The van der Waals surface area contributed by atoms with Crippen molar-refractivity contribution in [2.45, 2.75) is 44.3 Å². The zero-order valence-electron chi connectivity index (χ0n) is 22.0. The lowest BCUT2D eigenvalue weighted by atomic mass is 9.97. The minimum absolute atomic E-state index is 0.0750. The summed E-state index contributed by atoms with van der Waals surface area (Å²) >= 11 is 10.9. The molecule has 2 aliphatic heterocycles. The van der Waals surface area contributed by atoms with Crippen LogP contribution in [0.2, 0.25) is 5.02 Å². The molecule has 3 aromatic rings. The van der Waals surface area contributed by atoms with Gasteiger partial charge in [-0.25, -0.2) is 13.8 Å². The molecule has 0 bridgehead atoms. The summed E-state index contributed by atoms with van der Waals surface area (Å²) in [5, 5.41) is 7.22. The minimum atomic E-state index is -3.79. The molecule has 1 fully saturated rings. The second-order valence-corrected chi connectivity index (χ2v) is 13.6. The number of aromatic nitrogens is 2. The fourth-order valence-electron chi connectivity index (χ4n) is 4.87. The predicted molar refractivity (Wildman–Crippen MR) is 156 cm³/mol. The van der Waals surface area contributed by atoms with Crippen molar-refractivity contribution in [3.63, 3.8) is 0 Å². The molecule has 0 saturated carbocycles. The second-order valence-electron chi connectivity index (χ2n) is 9.85. The summed E-state index contributed by atoms with van der Waals surface area (Å²) in [7, 11) is -3.79. The number of hydrogen-bond donors (Lipinski definition) is 0. The molecule has 1 saturated heterocycles. The van der Waals surface area contributed by atoms with Crippen LogP contribution in [0.3, 0.4) is 0 Å². The number of amides is 1. The second kappa shape index (κ2) is 12.4. The Hall–Kier alpha value is -2.88. The van der Waals surface area contributed by atoms with Crippen molar-refractivity contribution in [1.29, 1.82) is 0 Å². The van der Waals surface area contributed by atoms with Crippen LogP contribution < -0.4 is 9.74 Å². The number of carbonyl (C=O) groups is 1. The van der Waals surface area contributed by atoms with Crippen molar-refractivity contribution in [1.82, 2.24) is 14.5 Å². The molecule has 224 valence electrons. The van der Waals surface area contributed by atoms with Crippen molar-refractivity contribution in [3.8, 4) is 5.75 Å². The highest BCUT2D eigenvalue weighted by atomic mass is 79.9. The monoisotopic (exact) mass is 704 g/mol. The number of oxime groups is 1. The van der Waals surface area contributed by atoms with Gasteiger partial charge in [-0.1, -0.05) is 22.8 Å². The van der Waals surface area contributed by atoms with Crippen LogP contribution >= 0.6 is 38.9 Å². The van der Waals surface area contributed by atoms with Crippen molar-refractivity contribution < 1.29 is 31.0 Å². The fraction of sp³-hybridized carbons (Fsp3) is 0.385. The Morgan fingerprint density at radius 2 is 2.05 bits per heavy atom. The van der Waals surface area contributed by atoms with Crippen LogP contribution in [0.15, 0.2) is 50.3 Å². The molecule has 1 aromatic carbocycles. The van der Waals surface area contributed by atoms with Gasteiger partial charge in [-0.05, 0) is 47.0 Å². The molecule has 4 heterocycles. The highest BCUT2D eigenvalue weighted by Crippen LogP contribution is 2.40. The van der Waals surface area contributed by atoms with Crippen LogP contribution in [-0.2, 0) is 26.3 Å². The van der Waals surface area contributed by atoms with Gasteiger partial charge in [-0.15, -0.1) is 11.3 Å². The molecular formula is C26H24BrClF2N4O6S2. The van der Waals surface area contributed by atoms with Gasteiger partial charge >= 0.3 is 10.1 Å². The molecule has 42 heavy (non-hydrogen) atoms. The first kappa shape index (κ1) is 30.6. The standard InChI is InChI=1S/C26H24BrClF2N4O6S2/c1-42(37,38)40-20-4-2-3-17(28)23(20)21-10-18(32-39-21)19-13-41-25(31-19)14-5-7-33(8-6-14)22(35)12-34-11-15(27)9-16(24(29)30)26(34)36/h2-4,9,11,13-14,21,24H,5-8,10,12H2,1H3. The molecule has 2 aromatic heterocycles. The van der Waals surface area contributed by atoms with Crippen LogP contribution in [0, 0.1) is 0 Å². The molecule has 16 heteroatoms. The van der Waals surface area contributed by atoms with Gasteiger partial charge in [0, 0.05) is 41.5 Å². The highest BCUT2D eigenvalue weighted by molar-refractivity contribution is 9.10. The van der Waals surface area contributed by atoms with E-state index in [1.165, 1.54) is 23.6 Å². The Bertz CT molecular complexity index is 1710. The number of rotatable bonds is 8. The molecule has 1 unspecified atom stereocenters. The average Bonchev–Trinajstić information content (AvgIpc) is 3.60. The Morgan fingerprint density at radius 3 is 2.74 bits per heavy atom. The molecule has 5 rings (SSSR count). The molecule has 1 atom stereocenters. The van der Waals surface area contributed by atoms with E-state index in [0.717, 1.165) is 21.9 Å². The third kappa shape index (κ3) is 6.84. The summed E-state index contributed by atoms with van der Waals surface area (Å²) in [5.41, 5.74) is 0.0573. The van der Waals surface area contributed by atoms with Crippen LogP contribution in [0.4, 0.5) is 8.78 Å². The van der Waals surface area contributed by atoms with Gasteiger partial charge in [0.15, 0.2) is 11.9 Å². The topological polar surface area (TPSA) is 120 Å². The predicted octanol–water partition coefficient (Wildman–Crippen LogP) is 5.27. The maximum absolute atomic E-state index is 13.2. The summed E-state index contributed by atoms with van der Waals surface area (Å²) in [5.74, 6) is -0.147. The number of hydrogen-bond acceptors (Lipinski definition) is 9. The van der Waals surface area contributed by atoms with Crippen LogP contribution in [0.1, 0.15) is 59.5 Å². The van der Waals surface area contributed by atoms with E-state index < -0.39 is 33.8 Å². The first-order valence-electron chi connectivity index (χ1n) is 12.7. The average molecular weight is 706 g/mol. The molecule has 2 aliphatic rings. The summed E-state index contributed by atoms with van der Waals surface area (Å²) in [6, 6.07) is 5.76. The minimum Gasteiger partial charge on any atom is -0.387 e. The normalized spacial score (nSPS) is 17.8. The quantitative estimate of drug-likeness (QED) is 0.293. The van der Waals surface area contributed by atoms with E-state index in [2.05, 4.69) is 21.1 Å². The van der Waals surface area contributed by atoms with E-state index in [-0.39, 0.29) is 29.1 Å². The highest BCUT2D eigenvalue weighted by Gasteiger charge is 2.32. The molecule has 0 spiro atoms. The number of likely N-dealkylation sites (tertiary alicyclic amines) is 1. The first-order valence-corrected chi connectivity index (χ1v) is 16.6. The maximum atomic E-state index is 13.2. The van der Waals surface area contributed by atoms with Gasteiger partial charge < -0.3 is 18.5 Å². The van der Waals surface area contributed by atoms with Crippen molar-refractivity contribution in [2.75, 3.05) is 19.3 Å². The number of nitrogens with zero attached hydrogens (tertiary/aromatic N) is 4. The third-order valence-corrected chi connectivity index (χ3v) is 9.13. The number of alkyl halides is 2. The van der Waals surface area contributed by atoms with E-state index in [0.29, 0.717) is 53.8 Å². The van der Waals surface area contributed by atoms with Gasteiger partial charge in [-0.2, -0.15) is 8.42 Å². The van der Waals surface area contributed by atoms with E-state index in [1.807, 2.05) is 5.38 Å². The Morgan fingerprint density at radius 1 is 1.31 bits per heavy atom. The lowest BCUT2D eigenvalue weighted by molar-refractivity contribution is -0.133. The first-order chi connectivity index (χ1) is 19.9. The van der Waals surface area contributed by atoms with E-state index in [4.69, 9.17) is 25.6 Å². The summed E-state index contributed by atoms with van der Waals surface area (Å²) in [6.07, 6.45) is 0.285. The molecule has 0 N–H and O–H groups in total. The lowest BCUT2D eigenvalue weighted by Gasteiger charge is -2.31. The van der Waals surface area contributed by atoms with Crippen molar-refractivity contribution in [3.05, 3.63) is 77.5 Å². The van der Waals surface area contributed by atoms with Gasteiger partial charge in [0.1, 0.15) is 12.3 Å².